The largest absolute Gasteiger partial charge is 0.496 e. The molecule has 1 amide bonds. The summed E-state index contributed by atoms with van der Waals surface area (Å²) in [7, 11) is 1.45. The maximum Gasteiger partial charge on any atom is 0.326 e. The lowest BCUT2D eigenvalue weighted by atomic mass is 10.0. The van der Waals surface area contributed by atoms with E-state index in [4.69, 9.17) is 9.84 Å². The fourth-order valence-electron chi connectivity index (χ4n) is 1.59. The molecule has 0 aliphatic rings. The lowest BCUT2D eigenvalue weighted by Gasteiger charge is -2.18. The maximum atomic E-state index is 12.1. The molecule has 19 heavy (non-hydrogen) atoms. The Kier molecular flexibility index (Phi) is 5.35. The van der Waals surface area contributed by atoms with Crippen molar-refractivity contribution in [1.82, 2.24) is 5.32 Å². The highest BCUT2D eigenvalue weighted by Crippen LogP contribution is 2.23. The highest BCUT2D eigenvalue weighted by atomic mass is 79.9. The molecule has 1 atom stereocenters. The van der Waals surface area contributed by atoms with Crippen LogP contribution in [0, 0.1) is 5.92 Å². The summed E-state index contributed by atoms with van der Waals surface area (Å²) >= 11 is 3.28. The molecular formula is C13H16BrNO4. The summed E-state index contributed by atoms with van der Waals surface area (Å²) in [4.78, 5) is 23.1. The van der Waals surface area contributed by atoms with Crippen LogP contribution < -0.4 is 10.1 Å². The number of hydrogen-bond donors (Lipinski definition) is 2. The SMILES string of the molecule is COc1cc(Br)ccc1C(=O)N[C@H](C(=O)O)C(C)C. The minimum absolute atomic E-state index is 0.206. The standard InChI is InChI=1S/C13H16BrNO4/c1-7(2)11(13(17)18)15-12(16)9-5-4-8(14)6-10(9)19-3/h4-7,11H,1-3H3,(H,15,16)(H,17,18)/t11-/m0/s1. The molecule has 104 valence electrons. The number of carboxylic acid groups (broad SMARTS) is 1. The van der Waals surface area contributed by atoms with Crippen molar-refractivity contribution >= 4 is 27.8 Å². The second-order valence-corrected chi connectivity index (χ2v) is 5.29. The van der Waals surface area contributed by atoms with E-state index in [2.05, 4.69) is 21.2 Å². The van der Waals surface area contributed by atoms with Crippen LogP contribution in [0.3, 0.4) is 0 Å². The Morgan fingerprint density at radius 2 is 2.00 bits per heavy atom. The van der Waals surface area contributed by atoms with Gasteiger partial charge < -0.3 is 15.2 Å². The molecule has 0 radical (unpaired) electrons. The molecule has 2 N–H and O–H groups in total. The molecule has 6 heteroatoms. The molecule has 1 aromatic rings. The summed E-state index contributed by atoms with van der Waals surface area (Å²) in [5, 5.41) is 11.5. The molecule has 0 unspecified atom stereocenters. The first-order valence-corrected chi connectivity index (χ1v) is 6.53. The predicted octanol–water partition coefficient (Wildman–Crippen LogP) is 2.30. The summed E-state index contributed by atoms with van der Waals surface area (Å²) in [5.41, 5.74) is 0.303. The average molecular weight is 330 g/mol. The van der Waals surface area contributed by atoms with Crippen LogP contribution in [0.5, 0.6) is 5.75 Å². The van der Waals surface area contributed by atoms with Gasteiger partial charge in [0.25, 0.3) is 5.91 Å². The van der Waals surface area contributed by atoms with Crippen LogP contribution in [0.2, 0.25) is 0 Å². The number of carbonyl (C=O) groups is 2. The second-order valence-electron chi connectivity index (χ2n) is 4.38. The Morgan fingerprint density at radius 3 is 2.47 bits per heavy atom. The zero-order chi connectivity index (χ0) is 14.6. The van der Waals surface area contributed by atoms with E-state index in [0.29, 0.717) is 11.3 Å². The summed E-state index contributed by atoms with van der Waals surface area (Å²) in [6.45, 7) is 3.47. The number of benzene rings is 1. The van der Waals surface area contributed by atoms with Crippen LogP contribution in [-0.2, 0) is 4.79 Å². The van der Waals surface area contributed by atoms with Crippen molar-refractivity contribution in [3.05, 3.63) is 28.2 Å². The second kappa shape index (κ2) is 6.56. The fourth-order valence-corrected chi connectivity index (χ4v) is 1.93. The minimum Gasteiger partial charge on any atom is -0.496 e. The number of rotatable bonds is 5. The van der Waals surface area contributed by atoms with Crippen LogP contribution in [0.15, 0.2) is 22.7 Å². The lowest BCUT2D eigenvalue weighted by molar-refractivity contribution is -0.140. The molecule has 1 rings (SSSR count). The molecule has 0 bridgehead atoms. The maximum absolute atomic E-state index is 12.1. The van der Waals surface area contributed by atoms with Gasteiger partial charge in [0.15, 0.2) is 0 Å². The molecule has 5 nitrogen and oxygen atoms in total. The van der Waals surface area contributed by atoms with E-state index < -0.39 is 17.9 Å². The first-order valence-electron chi connectivity index (χ1n) is 5.74. The molecule has 0 saturated heterocycles. The van der Waals surface area contributed by atoms with Crippen molar-refractivity contribution in [2.75, 3.05) is 7.11 Å². The molecular weight excluding hydrogens is 314 g/mol. The van der Waals surface area contributed by atoms with Gasteiger partial charge in [0, 0.05) is 4.47 Å². The van der Waals surface area contributed by atoms with Crippen LogP contribution in [0.1, 0.15) is 24.2 Å². The summed E-state index contributed by atoms with van der Waals surface area (Å²) < 4.78 is 5.89. The van der Waals surface area contributed by atoms with Crippen molar-refractivity contribution in [3.63, 3.8) is 0 Å². The summed E-state index contributed by atoms with van der Waals surface area (Å²) in [6.07, 6.45) is 0. The number of aliphatic carboxylic acids is 1. The van der Waals surface area contributed by atoms with Gasteiger partial charge in [-0.05, 0) is 24.1 Å². The van der Waals surface area contributed by atoms with Gasteiger partial charge in [0.2, 0.25) is 0 Å². The molecule has 0 aromatic heterocycles. The molecule has 0 spiro atoms. The molecule has 0 heterocycles. The van der Waals surface area contributed by atoms with Gasteiger partial charge in [-0.2, -0.15) is 0 Å². The molecule has 0 aliphatic heterocycles. The lowest BCUT2D eigenvalue weighted by Crippen LogP contribution is -2.44. The summed E-state index contributed by atoms with van der Waals surface area (Å²) in [6, 6.07) is 4.00. The topological polar surface area (TPSA) is 75.6 Å². The van der Waals surface area contributed by atoms with Gasteiger partial charge in [-0.25, -0.2) is 4.79 Å². The van der Waals surface area contributed by atoms with Crippen molar-refractivity contribution in [3.8, 4) is 5.75 Å². The van der Waals surface area contributed by atoms with E-state index in [9.17, 15) is 9.59 Å². The van der Waals surface area contributed by atoms with Gasteiger partial charge in [-0.3, -0.25) is 4.79 Å². The number of methoxy groups -OCH3 is 1. The van der Waals surface area contributed by atoms with Crippen molar-refractivity contribution in [2.24, 2.45) is 5.92 Å². The minimum atomic E-state index is -1.06. The van der Waals surface area contributed by atoms with E-state index >= 15 is 0 Å². The van der Waals surface area contributed by atoms with Gasteiger partial charge >= 0.3 is 5.97 Å². The molecule has 1 aromatic carbocycles. The fraction of sp³-hybridized carbons (Fsp3) is 0.385. The molecule has 0 fully saturated rings. The Hall–Kier alpha value is -1.56. The van der Waals surface area contributed by atoms with E-state index in [-0.39, 0.29) is 5.92 Å². The van der Waals surface area contributed by atoms with Gasteiger partial charge in [-0.1, -0.05) is 29.8 Å². The third kappa shape index (κ3) is 3.96. The van der Waals surface area contributed by atoms with E-state index in [0.717, 1.165) is 4.47 Å². The first kappa shape index (κ1) is 15.5. The van der Waals surface area contributed by atoms with Gasteiger partial charge in [0.1, 0.15) is 11.8 Å². The number of carbonyl (C=O) groups excluding carboxylic acids is 1. The summed E-state index contributed by atoms with van der Waals surface area (Å²) in [5.74, 6) is -1.34. The third-order valence-electron chi connectivity index (χ3n) is 2.63. The monoisotopic (exact) mass is 329 g/mol. The van der Waals surface area contributed by atoms with Crippen molar-refractivity contribution in [1.29, 1.82) is 0 Å². The van der Waals surface area contributed by atoms with Crippen molar-refractivity contribution < 1.29 is 19.4 Å². The quantitative estimate of drug-likeness (QED) is 0.869. The highest BCUT2D eigenvalue weighted by molar-refractivity contribution is 9.10. The zero-order valence-electron chi connectivity index (χ0n) is 10.9. The third-order valence-corrected chi connectivity index (χ3v) is 3.12. The number of halogens is 1. The van der Waals surface area contributed by atoms with E-state index in [1.54, 1.807) is 32.0 Å². The smallest absolute Gasteiger partial charge is 0.326 e. The Bertz CT molecular complexity index is 488. The van der Waals surface area contributed by atoms with Gasteiger partial charge in [-0.15, -0.1) is 0 Å². The predicted molar refractivity (Wildman–Crippen MR) is 74.4 cm³/mol. The first-order chi connectivity index (χ1) is 8.86. The van der Waals surface area contributed by atoms with Crippen LogP contribution in [-0.4, -0.2) is 30.1 Å². The van der Waals surface area contributed by atoms with Crippen LogP contribution >= 0.6 is 15.9 Å². The zero-order valence-corrected chi connectivity index (χ0v) is 12.5. The number of amides is 1. The number of hydrogen-bond acceptors (Lipinski definition) is 3. The van der Waals surface area contributed by atoms with E-state index in [1.165, 1.54) is 7.11 Å². The number of carboxylic acids is 1. The Morgan fingerprint density at radius 1 is 1.37 bits per heavy atom. The number of nitrogens with one attached hydrogen (secondary N) is 1. The number of ether oxygens (including phenoxy) is 1. The van der Waals surface area contributed by atoms with Crippen LogP contribution in [0.25, 0.3) is 0 Å². The normalized spacial score (nSPS) is 12.1. The van der Waals surface area contributed by atoms with Gasteiger partial charge in [0.05, 0.1) is 12.7 Å². The highest BCUT2D eigenvalue weighted by Gasteiger charge is 2.25. The van der Waals surface area contributed by atoms with E-state index in [1.807, 2.05) is 0 Å². The van der Waals surface area contributed by atoms with Crippen molar-refractivity contribution in [2.45, 2.75) is 19.9 Å². The Labute approximate surface area is 120 Å². The van der Waals surface area contributed by atoms with Crippen LogP contribution in [0.4, 0.5) is 0 Å². The molecule has 0 saturated carbocycles. The average Bonchev–Trinajstić information content (AvgIpc) is 2.34. The molecule has 0 aliphatic carbocycles. The Balaban J connectivity index is 2.97.